The molecule has 1 aliphatic carbocycles. The zero-order valence-corrected chi connectivity index (χ0v) is 12.8. The highest BCUT2D eigenvalue weighted by Gasteiger charge is 2.41. The zero-order chi connectivity index (χ0) is 14.7. The highest BCUT2D eigenvalue weighted by Crippen LogP contribution is 2.43. The van der Waals surface area contributed by atoms with Gasteiger partial charge in [0, 0.05) is 13.0 Å². The summed E-state index contributed by atoms with van der Waals surface area (Å²) in [5, 5.41) is 0. The Kier molecular flexibility index (Phi) is 4.36. The molecule has 0 radical (unpaired) electrons. The Balaban J connectivity index is 1.87. The second kappa shape index (κ2) is 6.24. The van der Waals surface area contributed by atoms with E-state index in [1.807, 2.05) is 19.1 Å². The number of hydrogen-bond acceptors (Lipinski definition) is 4. The zero-order valence-electron chi connectivity index (χ0n) is 12.8. The van der Waals surface area contributed by atoms with Gasteiger partial charge in [0.15, 0.2) is 11.5 Å². The maximum Gasteiger partial charge on any atom is 0.161 e. The predicted molar refractivity (Wildman–Crippen MR) is 81.8 cm³/mol. The molecule has 116 valence electrons. The van der Waals surface area contributed by atoms with Crippen molar-refractivity contribution in [3.05, 3.63) is 23.8 Å². The van der Waals surface area contributed by atoms with E-state index in [0.717, 1.165) is 36.3 Å². The Morgan fingerprint density at radius 3 is 2.57 bits per heavy atom. The lowest BCUT2D eigenvalue weighted by Crippen LogP contribution is -2.41. The van der Waals surface area contributed by atoms with E-state index in [0.29, 0.717) is 19.8 Å². The average molecular weight is 291 g/mol. The number of hydrogen-bond donors (Lipinski definition) is 1. The van der Waals surface area contributed by atoms with E-state index < -0.39 is 0 Å². The molecule has 2 N–H and O–H groups in total. The van der Waals surface area contributed by atoms with E-state index in [2.05, 4.69) is 6.07 Å². The molecule has 0 saturated heterocycles. The van der Waals surface area contributed by atoms with E-state index >= 15 is 0 Å². The molecule has 1 saturated carbocycles. The van der Waals surface area contributed by atoms with Crippen LogP contribution >= 0.6 is 0 Å². The van der Waals surface area contributed by atoms with Gasteiger partial charge in [0.25, 0.3) is 0 Å². The van der Waals surface area contributed by atoms with Crippen LogP contribution in [-0.4, -0.2) is 25.4 Å². The van der Waals surface area contributed by atoms with Gasteiger partial charge in [0.1, 0.15) is 0 Å². The highest BCUT2D eigenvalue weighted by atomic mass is 16.5. The van der Waals surface area contributed by atoms with Crippen molar-refractivity contribution in [2.45, 2.75) is 50.7 Å². The van der Waals surface area contributed by atoms with Gasteiger partial charge in [-0.1, -0.05) is 18.9 Å². The van der Waals surface area contributed by atoms with Crippen molar-refractivity contribution in [3.63, 3.8) is 0 Å². The van der Waals surface area contributed by atoms with Gasteiger partial charge in [-0.2, -0.15) is 0 Å². The number of ether oxygens (including phenoxy) is 3. The Bertz CT molecular complexity index is 483. The molecule has 3 rings (SSSR count). The molecule has 1 aromatic rings. The fourth-order valence-corrected chi connectivity index (χ4v) is 3.48. The first kappa shape index (κ1) is 14.7. The van der Waals surface area contributed by atoms with Crippen LogP contribution in [-0.2, 0) is 4.74 Å². The maximum atomic E-state index is 6.57. The van der Waals surface area contributed by atoms with Gasteiger partial charge in [-0.3, -0.25) is 0 Å². The summed E-state index contributed by atoms with van der Waals surface area (Å²) in [5.41, 5.74) is 7.44. The number of benzene rings is 1. The van der Waals surface area contributed by atoms with Crippen molar-refractivity contribution in [2.24, 2.45) is 5.73 Å². The lowest BCUT2D eigenvalue weighted by molar-refractivity contribution is -0.0536. The summed E-state index contributed by atoms with van der Waals surface area (Å²) in [6.07, 6.45) is 5.38. The van der Waals surface area contributed by atoms with Crippen LogP contribution in [0.4, 0.5) is 0 Å². The molecule has 1 fully saturated rings. The Labute approximate surface area is 126 Å². The van der Waals surface area contributed by atoms with Gasteiger partial charge < -0.3 is 19.9 Å². The largest absolute Gasteiger partial charge is 0.490 e. The van der Waals surface area contributed by atoms with Crippen LogP contribution in [0.5, 0.6) is 11.5 Å². The summed E-state index contributed by atoms with van der Waals surface area (Å²) >= 11 is 0. The van der Waals surface area contributed by atoms with Crippen molar-refractivity contribution >= 4 is 0 Å². The summed E-state index contributed by atoms with van der Waals surface area (Å²) in [5.74, 6) is 1.63. The molecular weight excluding hydrogens is 266 g/mol. The van der Waals surface area contributed by atoms with Crippen LogP contribution in [0, 0.1) is 0 Å². The molecule has 1 aromatic carbocycles. The molecule has 1 heterocycles. The summed E-state index contributed by atoms with van der Waals surface area (Å²) in [6.45, 7) is 4.16. The smallest absolute Gasteiger partial charge is 0.161 e. The molecule has 1 unspecified atom stereocenters. The summed E-state index contributed by atoms with van der Waals surface area (Å²) in [6, 6.07) is 5.95. The second-order valence-corrected chi connectivity index (χ2v) is 5.94. The molecule has 21 heavy (non-hydrogen) atoms. The van der Waals surface area contributed by atoms with Gasteiger partial charge in [-0.15, -0.1) is 0 Å². The monoisotopic (exact) mass is 291 g/mol. The number of rotatable bonds is 4. The van der Waals surface area contributed by atoms with Crippen LogP contribution in [0.2, 0.25) is 0 Å². The standard InChI is InChI=1S/C17H25NO3/c1-2-21-17(8-3-4-9-17)16(18)13-6-7-14-15(12-13)20-11-5-10-19-14/h6-7,12,16H,2-5,8-11,18H2,1H3. The first-order chi connectivity index (χ1) is 10.2. The molecule has 0 bridgehead atoms. The topological polar surface area (TPSA) is 53.7 Å². The van der Waals surface area contributed by atoms with Crippen molar-refractivity contribution in [2.75, 3.05) is 19.8 Å². The van der Waals surface area contributed by atoms with Crippen molar-refractivity contribution in [1.29, 1.82) is 0 Å². The predicted octanol–water partition coefficient (Wildman–Crippen LogP) is 3.20. The Morgan fingerprint density at radius 2 is 1.86 bits per heavy atom. The fraction of sp³-hybridized carbons (Fsp3) is 0.647. The van der Waals surface area contributed by atoms with Crippen molar-refractivity contribution < 1.29 is 14.2 Å². The molecule has 0 spiro atoms. The van der Waals surface area contributed by atoms with Crippen LogP contribution in [0.1, 0.15) is 50.6 Å². The highest BCUT2D eigenvalue weighted by molar-refractivity contribution is 5.44. The quantitative estimate of drug-likeness (QED) is 0.925. The third kappa shape index (κ3) is 2.87. The molecule has 0 amide bonds. The number of nitrogens with two attached hydrogens (primary N) is 1. The van der Waals surface area contributed by atoms with Crippen LogP contribution < -0.4 is 15.2 Å². The molecule has 0 aromatic heterocycles. The average Bonchev–Trinajstić information content (AvgIpc) is 2.85. The minimum absolute atomic E-state index is 0.114. The van der Waals surface area contributed by atoms with Gasteiger partial charge in [-0.25, -0.2) is 0 Å². The van der Waals surface area contributed by atoms with Gasteiger partial charge in [-0.05, 0) is 37.5 Å². The van der Waals surface area contributed by atoms with E-state index in [9.17, 15) is 0 Å². The van der Waals surface area contributed by atoms with E-state index in [4.69, 9.17) is 19.9 Å². The van der Waals surface area contributed by atoms with Crippen LogP contribution in [0.25, 0.3) is 0 Å². The van der Waals surface area contributed by atoms with Crippen LogP contribution in [0.15, 0.2) is 18.2 Å². The first-order valence-electron chi connectivity index (χ1n) is 8.04. The minimum atomic E-state index is -0.214. The second-order valence-electron chi connectivity index (χ2n) is 5.94. The summed E-state index contributed by atoms with van der Waals surface area (Å²) in [7, 11) is 0. The van der Waals surface area contributed by atoms with Crippen molar-refractivity contribution in [1.82, 2.24) is 0 Å². The van der Waals surface area contributed by atoms with Gasteiger partial charge in [0.2, 0.25) is 0 Å². The number of fused-ring (bicyclic) bond motifs is 1. The molecular formula is C17H25NO3. The first-order valence-corrected chi connectivity index (χ1v) is 8.04. The Morgan fingerprint density at radius 1 is 1.14 bits per heavy atom. The Hall–Kier alpha value is -1.26. The van der Waals surface area contributed by atoms with E-state index in [1.165, 1.54) is 12.8 Å². The minimum Gasteiger partial charge on any atom is -0.490 e. The van der Waals surface area contributed by atoms with Crippen LogP contribution in [0.3, 0.4) is 0 Å². The summed E-state index contributed by atoms with van der Waals surface area (Å²) in [4.78, 5) is 0. The summed E-state index contributed by atoms with van der Waals surface area (Å²) < 4.78 is 17.5. The molecule has 2 aliphatic rings. The molecule has 4 nitrogen and oxygen atoms in total. The third-order valence-electron chi connectivity index (χ3n) is 4.58. The lowest BCUT2D eigenvalue weighted by atomic mass is 9.87. The lowest BCUT2D eigenvalue weighted by Gasteiger charge is -2.35. The maximum absolute atomic E-state index is 6.57. The normalized spacial score (nSPS) is 21.8. The SMILES string of the molecule is CCOC1(C(N)c2ccc3c(c2)OCCCO3)CCCC1. The van der Waals surface area contributed by atoms with E-state index in [1.54, 1.807) is 0 Å². The van der Waals surface area contributed by atoms with E-state index in [-0.39, 0.29) is 11.6 Å². The molecule has 4 heteroatoms. The van der Waals surface area contributed by atoms with Gasteiger partial charge >= 0.3 is 0 Å². The fourth-order valence-electron chi connectivity index (χ4n) is 3.48. The van der Waals surface area contributed by atoms with Gasteiger partial charge in [0.05, 0.1) is 24.9 Å². The van der Waals surface area contributed by atoms with Crippen molar-refractivity contribution in [3.8, 4) is 11.5 Å². The molecule has 1 atom stereocenters. The third-order valence-corrected chi connectivity index (χ3v) is 4.58. The molecule has 1 aliphatic heterocycles.